The molecule has 1 amide bonds. The molecule has 0 bridgehead atoms. The van der Waals surface area contributed by atoms with Crippen LogP contribution < -0.4 is 10.6 Å². The second-order valence-corrected chi connectivity index (χ2v) is 6.70. The molecule has 0 aromatic carbocycles. The summed E-state index contributed by atoms with van der Waals surface area (Å²) < 4.78 is 0. The van der Waals surface area contributed by atoms with Gasteiger partial charge in [-0.25, -0.2) is 0 Å². The van der Waals surface area contributed by atoms with E-state index < -0.39 is 0 Å². The highest BCUT2D eigenvalue weighted by molar-refractivity contribution is 5.85. The van der Waals surface area contributed by atoms with Crippen LogP contribution in [0.3, 0.4) is 0 Å². The second kappa shape index (κ2) is 8.00. The lowest BCUT2D eigenvalue weighted by Crippen LogP contribution is -2.49. The zero-order valence-corrected chi connectivity index (χ0v) is 14.5. The molecule has 1 heterocycles. The fourth-order valence-electron chi connectivity index (χ4n) is 3.91. The maximum absolute atomic E-state index is 12.6. The topological polar surface area (TPSA) is 44.4 Å². The van der Waals surface area contributed by atoms with Crippen LogP contribution >= 0.6 is 24.8 Å². The van der Waals surface area contributed by atoms with Crippen molar-refractivity contribution >= 4 is 30.7 Å². The zero-order valence-electron chi connectivity index (χ0n) is 12.9. The molecule has 0 unspecified atom stereocenters. The summed E-state index contributed by atoms with van der Waals surface area (Å²) in [6.45, 7) is 3.72. The molecule has 0 aromatic heterocycles. The van der Waals surface area contributed by atoms with E-state index >= 15 is 0 Å². The molecule has 0 spiro atoms. The van der Waals surface area contributed by atoms with Crippen LogP contribution in [0.5, 0.6) is 0 Å². The first-order chi connectivity index (χ1) is 9.22. The summed E-state index contributed by atoms with van der Waals surface area (Å²) in [5.41, 5.74) is -0.0869. The molecule has 1 aliphatic heterocycles. The molecule has 2 aliphatic carbocycles. The minimum Gasteiger partial charge on any atom is -0.354 e. The van der Waals surface area contributed by atoms with E-state index in [0.717, 1.165) is 38.6 Å². The van der Waals surface area contributed by atoms with Gasteiger partial charge in [0.15, 0.2) is 0 Å². The largest absolute Gasteiger partial charge is 0.354 e. The van der Waals surface area contributed by atoms with E-state index in [1.165, 1.54) is 32.1 Å². The average molecular weight is 338 g/mol. The van der Waals surface area contributed by atoms with E-state index in [4.69, 9.17) is 0 Å². The quantitative estimate of drug-likeness (QED) is 0.804. The summed E-state index contributed by atoms with van der Waals surface area (Å²) in [5.74, 6) is 0.883. The van der Waals surface area contributed by atoms with Crippen molar-refractivity contribution in [1.29, 1.82) is 0 Å². The van der Waals surface area contributed by atoms with Gasteiger partial charge in [-0.2, -0.15) is 0 Å². The van der Waals surface area contributed by atoms with Gasteiger partial charge in [0, 0.05) is 25.7 Å². The summed E-state index contributed by atoms with van der Waals surface area (Å²) in [4.78, 5) is 15.0. The number of halogens is 2. The van der Waals surface area contributed by atoms with E-state index in [0.29, 0.717) is 11.8 Å². The number of rotatable bonds is 5. The predicted octanol–water partition coefficient (Wildman–Crippen LogP) is 1.82. The van der Waals surface area contributed by atoms with Crippen LogP contribution in [0, 0.1) is 11.3 Å². The van der Waals surface area contributed by atoms with Crippen LogP contribution in [0.1, 0.15) is 38.5 Å². The van der Waals surface area contributed by atoms with Gasteiger partial charge in [0.2, 0.25) is 5.91 Å². The molecule has 2 N–H and O–H groups in total. The molecule has 1 saturated heterocycles. The average Bonchev–Trinajstić information content (AvgIpc) is 3.17. The highest BCUT2D eigenvalue weighted by Crippen LogP contribution is 2.43. The lowest BCUT2D eigenvalue weighted by molar-refractivity contribution is -0.134. The molecule has 21 heavy (non-hydrogen) atoms. The van der Waals surface area contributed by atoms with Crippen molar-refractivity contribution in [2.45, 2.75) is 44.6 Å². The van der Waals surface area contributed by atoms with Crippen molar-refractivity contribution in [3.05, 3.63) is 0 Å². The molecule has 6 heteroatoms. The molecular formula is C15H29Cl2N3O. The molecular weight excluding hydrogens is 309 g/mol. The van der Waals surface area contributed by atoms with Crippen molar-refractivity contribution < 1.29 is 4.79 Å². The zero-order chi connectivity index (χ0) is 13.3. The van der Waals surface area contributed by atoms with Crippen molar-refractivity contribution in [1.82, 2.24) is 15.5 Å². The van der Waals surface area contributed by atoms with Crippen LogP contribution in [0.25, 0.3) is 0 Å². The van der Waals surface area contributed by atoms with Crippen molar-refractivity contribution in [3.63, 3.8) is 0 Å². The first-order valence-corrected chi connectivity index (χ1v) is 7.92. The maximum Gasteiger partial charge on any atom is 0.227 e. The lowest BCUT2D eigenvalue weighted by atomic mass is 9.67. The Hall–Kier alpha value is -0.0300. The van der Waals surface area contributed by atoms with Crippen LogP contribution in [-0.2, 0) is 4.79 Å². The van der Waals surface area contributed by atoms with Gasteiger partial charge < -0.3 is 15.5 Å². The van der Waals surface area contributed by atoms with E-state index in [-0.39, 0.29) is 30.2 Å². The second-order valence-electron chi connectivity index (χ2n) is 6.70. The lowest BCUT2D eigenvalue weighted by Gasteiger charge is -2.37. The Morgan fingerprint density at radius 1 is 1.29 bits per heavy atom. The maximum atomic E-state index is 12.6. The number of amides is 1. The Labute approximate surface area is 140 Å². The van der Waals surface area contributed by atoms with Gasteiger partial charge in [-0.05, 0) is 45.2 Å². The van der Waals surface area contributed by atoms with E-state index in [2.05, 4.69) is 22.6 Å². The van der Waals surface area contributed by atoms with E-state index in [9.17, 15) is 4.79 Å². The number of carbonyl (C=O) groups excluding carboxylic acids is 1. The predicted molar refractivity (Wildman–Crippen MR) is 90.4 cm³/mol. The number of hydrogen-bond acceptors (Lipinski definition) is 3. The Kier molecular flexibility index (Phi) is 7.25. The van der Waals surface area contributed by atoms with Crippen molar-refractivity contribution in [2.75, 3.05) is 33.2 Å². The molecule has 0 aromatic rings. The SMILES string of the molecule is CN(CCNC(=O)[C@@]12CCCC[C@H]1CNC2)C1CC1.Cl.Cl. The highest BCUT2D eigenvalue weighted by Gasteiger charge is 2.49. The Balaban J connectivity index is 0.00000110. The van der Waals surface area contributed by atoms with E-state index in [1.807, 2.05) is 0 Å². The van der Waals surface area contributed by atoms with Crippen LogP contribution in [0.4, 0.5) is 0 Å². The van der Waals surface area contributed by atoms with Gasteiger partial charge in [0.05, 0.1) is 5.41 Å². The summed E-state index contributed by atoms with van der Waals surface area (Å²) in [7, 11) is 2.17. The minimum atomic E-state index is -0.0869. The third kappa shape index (κ3) is 4.04. The number of nitrogens with zero attached hydrogens (tertiary/aromatic N) is 1. The molecule has 3 rings (SSSR count). The van der Waals surface area contributed by atoms with E-state index in [1.54, 1.807) is 0 Å². The van der Waals surface area contributed by atoms with Crippen molar-refractivity contribution in [3.8, 4) is 0 Å². The normalized spacial score (nSPS) is 31.0. The van der Waals surface area contributed by atoms with Crippen LogP contribution in [0.2, 0.25) is 0 Å². The standard InChI is InChI=1S/C15H27N3O.2ClH/c1-18(13-5-6-13)9-8-17-14(19)15-7-3-2-4-12(15)10-16-11-15;;/h12-13,16H,2-11H2,1H3,(H,17,19);2*1H/t12-,15+;;/m0../s1. The fraction of sp³-hybridized carbons (Fsp3) is 0.933. The summed E-state index contributed by atoms with van der Waals surface area (Å²) in [6.07, 6.45) is 7.48. The molecule has 2 saturated carbocycles. The number of fused-ring (bicyclic) bond motifs is 1. The van der Waals surface area contributed by atoms with Gasteiger partial charge in [-0.3, -0.25) is 4.79 Å². The third-order valence-electron chi connectivity index (χ3n) is 5.41. The summed E-state index contributed by atoms with van der Waals surface area (Å²) in [6, 6.07) is 0.783. The first kappa shape index (κ1) is 19.0. The minimum absolute atomic E-state index is 0. The fourth-order valence-corrected chi connectivity index (χ4v) is 3.91. The Morgan fingerprint density at radius 3 is 2.76 bits per heavy atom. The number of likely N-dealkylation sites (N-methyl/N-ethyl adjacent to an activating group) is 1. The molecule has 4 nitrogen and oxygen atoms in total. The summed E-state index contributed by atoms with van der Waals surface area (Å²) >= 11 is 0. The van der Waals surface area contributed by atoms with Gasteiger partial charge >= 0.3 is 0 Å². The molecule has 3 aliphatic rings. The Bertz CT molecular complexity index is 352. The molecule has 3 fully saturated rings. The number of hydrogen-bond donors (Lipinski definition) is 2. The van der Waals surface area contributed by atoms with Gasteiger partial charge in [0.25, 0.3) is 0 Å². The van der Waals surface area contributed by atoms with Gasteiger partial charge in [0.1, 0.15) is 0 Å². The smallest absolute Gasteiger partial charge is 0.227 e. The third-order valence-corrected chi connectivity index (χ3v) is 5.41. The van der Waals surface area contributed by atoms with Crippen LogP contribution in [0.15, 0.2) is 0 Å². The number of carbonyl (C=O) groups is 1. The highest BCUT2D eigenvalue weighted by atomic mass is 35.5. The van der Waals surface area contributed by atoms with Crippen LogP contribution in [-0.4, -0.2) is 50.1 Å². The Morgan fingerprint density at radius 2 is 2.05 bits per heavy atom. The van der Waals surface area contributed by atoms with Gasteiger partial charge in [-0.1, -0.05) is 12.8 Å². The number of nitrogens with one attached hydrogen (secondary N) is 2. The monoisotopic (exact) mass is 337 g/mol. The van der Waals surface area contributed by atoms with Gasteiger partial charge in [-0.15, -0.1) is 24.8 Å². The molecule has 2 atom stereocenters. The molecule has 0 radical (unpaired) electrons. The van der Waals surface area contributed by atoms with Crippen molar-refractivity contribution in [2.24, 2.45) is 11.3 Å². The first-order valence-electron chi connectivity index (χ1n) is 7.92. The molecule has 124 valence electrons. The summed E-state index contributed by atoms with van der Waals surface area (Å²) in [5, 5.41) is 6.65.